The summed E-state index contributed by atoms with van der Waals surface area (Å²) in [5.41, 5.74) is 13.2. The second-order valence-electron chi connectivity index (χ2n) is 9.24. The summed E-state index contributed by atoms with van der Waals surface area (Å²) in [4.78, 5) is 25.0. The topological polar surface area (TPSA) is 213 Å². The number of benzene rings is 2. The number of nitrogens with one attached hydrogen (secondary N) is 1. The Morgan fingerprint density at radius 1 is 1.20 bits per heavy atom. The third-order valence-electron chi connectivity index (χ3n) is 6.21. The molecule has 214 valence electrons. The molecule has 0 saturated carbocycles. The summed E-state index contributed by atoms with van der Waals surface area (Å²) < 4.78 is 52.8. The van der Waals surface area contributed by atoms with Crippen LogP contribution in [0.5, 0.6) is 11.5 Å². The van der Waals surface area contributed by atoms with Crippen LogP contribution in [0.1, 0.15) is 17.4 Å². The van der Waals surface area contributed by atoms with E-state index in [2.05, 4.69) is 25.0 Å². The second-order valence-corrected chi connectivity index (χ2v) is 10.8. The molecule has 1 aliphatic heterocycles. The van der Waals surface area contributed by atoms with E-state index in [4.69, 9.17) is 24.0 Å². The lowest BCUT2D eigenvalue weighted by atomic mass is 10.1. The van der Waals surface area contributed by atoms with E-state index in [0.29, 0.717) is 0 Å². The van der Waals surface area contributed by atoms with Crippen molar-refractivity contribution in [2.45, 2.75) is 38.1 Å². The predicted octanol–water partition coefficient (Wildman–Crippen LogP) is 3.84. The number of fused-ring (bicyclic) bond motifs is 1. The van der Waals surface area contributed by atoms with Gasteiger partial charge in [-0.05, 0) is 43.6 Å². The van der Waals surface area contributed by atoms with Gasteiger partial charge in [0.05, 0.1) is 12.9 Å². The first-order valence-corrected chi connectivity index (χ1v) is 13.5. The number of aryl methyl sites for hydroxylation is 2. The highest BCUT2D eigenvalue weighted by molar-refractivity contribution is 7.49. The summed E-state index contributed by atoms with van der Waals surface area (Å²) >= 11 is 0. The van der Waals surface area contributed by atoms with Crippen LogP contribution >= 0.6 is 7.82 Å². The molecule has 0 unspecified atom stereocenters. The number of azide groups is 1. The van der Waals surface area contributed by atoms with Crippen molar-refractivity contribution < 1.29 is 32.4 Å². The maximum Gasteiger partial charge on any atom is 0.587 e. The Kier molecular flexibility index (Phi) is 7.43. The molecule has 2 aromatic carbocycles. The number of phosphoric ester groups is 1. The van der Waals surface area contributed by atoms with Crippen LogP contribution < -0.4 is 20.3 Å². The first kappa shape index (κ1) is 28.1. The minimum atomic E-state index is -4.58. The molecule has 4 aromatic rings. The van der Waals surface area contributed by atoms with E-state index in [0.717, 1.165) is 22.0 Å². The third-order valence-corrected chi connectivity index (χ3v) is 7.52. The van der Waals surface area contributed by atoms with Crippen LogP contribution in [0.2, 0.25) is 0 Å². The van der Waals surface area contributed by atoms with Gasteiger partial charge in [0.2, 0.25) is 11.7 Å². The number of nitrogens with two attached hydrogens (primary N) is 1. The molecule has 0 amide bonds. The Labute approximate surface area is 230 Å². The number of aliphatic hydroxyl groups is 1. The van der Waals surface area contributed by atoms with Crippen LogP contribution in [0, 0.1) is 13.8 Å². The first-order valence-electron chi connectivity index (χ1n) is 12.1. The molecule has 2 aromatic heterocycles. The van der Waals surface area contributed by atoms with Gasteiger partial charge in [-0.15, -0.1) is 0 Å². The molecule has 5 rings (SSSR count). The number of phosphoric acid groups is 1. The average Bonchev–Trinajstić information content (AvgIpc) is 3.45. The van der Waals surface area contributed by atoms with Crippen LogP contribution in [0.15, 0.2) is 64.8 Å². The fourth-order valence-corrected chi connectivity index (χ4v) is 5.34. The lowest BCUT2D eigenvalue weighted by Crippen LogP contribution is -2.44. The van der Waals surface area contributed by atoms with Gasteiger partial charge in [0.15, 0.2) is 23.6 Å². The highest BCUT2D eigenvalue weighted by Gasteiger charge is 2.58. The molecule has 1 saturated heterocycles. The lowest BCUT2D eigenvalue weighted by Gasteiger charge is -2.28. The average molecular weight is 586 g/mol. The fourth-order valence-electron chi connectivity index (χ4n) is 4.09. The number of aliphatic hydroxyl groups excluding tert-OH is 1. The van der Waals surface area contributed by atoms with Gasteiger partial charge in [0.1, 0.15) is 17.6 Å². The zero-order valence-corrected chi connectivity index (χ0v) is 22.5. The van der Waals surface area contributed by atoms with Crippen LogP contribution in [0.4, 0.5) is 10.3 Å². The second kappa shape index (κ2) is 10.8. The minimum Gasteiger partial charge on any atom is -0.395 e. The Morgan fingerprint density at radius 3 is 2.34 bits per heavy atom. The van der Waals surface area contributed by atoms with Gasteiger partial charge in [0.25, 0.3) is 5.56 Å². The summed E-state index contributed by atoms with van der Waals surface area (Å²) in [6.45, 7) is 2.73. The number of ether oxygens (including phenoxy) is 1. The Bertz CT molecular complexity index is 1670. The van der Waals surface area contributed by atoms with E-state index in [1.807, 2.05) is 13.8 Å². The summed E-state index contributed by atoms with van der Waals surface area (Å²) in [6.07, 6.45) is -5.03. The van der Waals surface area contributed by atoms with Gasteiger partial charge in [-0.1, -0.05) is 40.5 Å². The van der Waals surface area contributed by atoms with Crippen molar-refractivity contribution in [1.29, 1.82) is 0 Å². The van der Waals surface area contributed by atoms with Crippen molar-refractivity contribution >= 4 is 24.9 Å². The number of hydrogen-bond donors (Lipinski definition) is 3. The van der Waals surface area contributed by atoms with E-state index in [-0.39, 0.29) is 28.6 Å². The maximum atomic E-state index is 15.5. The molecule has 0 spiro atoms. The van der Waals surface area contributed by atoms with Crippen molar-refractivity contribution in [1.82, 2.24) is 19.5 Å². The number of rotatable bonds is 9. The Balaban J connectivity index is 1.47. The lowest BCUT2D eigenvalue weighted by molar-refractivity contribution is -0.120. The highest BCUT2D eigenvalue weighted by atomic mass is 31.2. The molecule has 0 bridgehead atoms. The predicted molar refractivity (Wildman–Crippen MR) is 143 cm³/mol. The van der Waals surface area contributed by atoms with Gasteiger partial charge in [-0.25, -0.2) is 13.9 Å². The number of anilines is 1. The molecule has 41 heavy (non-hydrogen) atoms. The van der Waals surface area contributed by atoms with Crippen LogP contribution in [-0.2, 0) is 13.8 Å². The Hall–Kier alpha value is -4.46. The number of aromatic nitrogens is 4. The molecule has 4 N–H and O–H groups in total. The smallest absolute Gasteiger partial charge is 0.395 e. The number of aromatic amines is 1. The molecule has 1 aliphatic rings. The van der Waals surface area contributed by atoms with Gasteiger partial charge >= 0.3 is 7.82 Å². The summed E-state index contributed by atoms with van der Waals surface area (Å²) in [6, 6.07) is 13.0. The van der Waals surface area contributed by atoms with Gasteiger partial charge < -0.3 is 24.6 Å². The van der Waals surface area contributed by atoms with Crippen LogP contribution in [-0.4, -0.2) is 49.2 Å². The van der Waals surface area contributed by atoms with Crippen LogP contribution in [0.3, 0.4) is 0 Å². The van der Waals surface area contributed by atoms with Gasteiger partial charge in [0, 0.05) is 4.91 Å². The van der Waals surface area contributed by atoms with Crippen LogP contribution in [0.25, 0.3) is 21.6 Å². The number of hydrogen-bond acceptors (Lipinski definition) is 11. The number of nitrogen functional groups attached to an aromatic ring is 1. The molecule has 15 nitrogen and oxygen atoms in total. The number of halogens is 1. The molecular weight excluding hydrogens is 562 g/mol. The van der Waals surface area contributed by atoms with E-state index in [9.17, 15) is 20.0 Å². The largest absolute Gasteiger partial charge is 0.587 e. The monoisotopic (exact) mass is 586 g/mol. The van der Waals surface area contributed by atoms with Gasteiger partial charge in [-0.2, -0.15) is 4.98 Å². The molecule has 1 fully saturated rings. The quantitative estimate of drug-likeness (QED) is 0.112. The van der Waals surface area contributed by atoms with Gasteiger partial charge in [-0.3, -0.25) is 18.9 Å². The summed E-state index contributed by atoms with van der Waals surface area (Å²) in [7, 11) is -4.58. The standard InChI is InChI=1S/C24H24FN8O7P/c1-13-3-7-15(8-4-13)39-41(36,40-16-9-5-14(2)6-10-16)37-11-24(31-32-27)19(34)17(25)22(38-24)33-12-28-18-20(33)29-23(26)30-21(18)35/h3-10,12,17,19,22,34H,11H2,1-2H3,(H3,26,29,30,35)/t17-,19+,22-,24-/m1/s1. The number of imidazole rings is 1. The first-order chi connectivity index (χ1) is 19.5. The Morgan fingerprint density at radius 2 is 1.78 bits per heavy atom. The molecule has 3 heterocycles. The minimum absolute atomic E-state index is 0.122. The summed E-state index contributed by atoms with van der Waals surface area (Å²) in [5, 5.41) is 14.3. The molecule has 4 atom stereocenters. The van der Waals surface area contributed by atoms with E-state index in [1.54, 1.807) is 24.3 Å². The van der Waals surface area contributed by atoms with E-state index < -0.39 is 44.2 Å². The van der Waals surface area contributed by atoms with E-state index >= 15 is 4.39 Å². The van der Waals surface area contributed by atoms with Crippen molar-refractivity contribution in [3.63, 3.8) is 0 Å². The number of H-pyrrole nitrogens is 1. The number of nitrogens with zero attached hydrogens (tertiary/aromatic N) is 6. The zero-order chi connectivity index (χ0) is 29.4. The summed E-state index contributed by atoms with van der Waals surface area (Å²) in [5.74, 6) is -0.0288. The molecule has 0 radical (unpaired) electrons. The molecule has 17 heteroatoms. The van der Waals surface area contributed by atoms with Crippen molar-refractivity contribution in [2.24, 2.45) is 5.11 Å². The van der Waals surface area contributed by atoms with Crippen molar-refractivity contribution in [3.05, 3.63) is 86.8 Å². The zero-order valence-electron chi connectivity index (χ0n) is 21.6. The highest BCUT2D eigenvalue weighted by Crippen LogP contribution is 2.52. The normalized spacial score (nSPS) is 22.4. The SMILES string of the molecule is Cc1ccc(OP(=O)(OC[C@@]2(N=[N+]=[N-])O[C@@H](n3cnc4c(=O)[nH]c(N)nc43)[C@H](F)[C@@H]2O)Oc2ccc(C)cc2)cc1. The maximum absolute atomic E-state index is 15.5. The number of alkyl halides is 1. The van der Waals surface area contributed by atoms with E-state index in [1.165, 1.54) is 24.3 Å². The van der Waals surface area contributed by atoms with Crippen molar-refractivity contribution in [2.75, 3.05) is 12.3 Å². The van der Waals surface area contributed by atoms with Crippen molar-refractivity contribution in [3.8, 4) is 11.5 Å². The molecule has 0 aliphatic carbocycles. The fraction of sp³-hybridized carbons (Fsp3) is 0.292. The third kappa shape index (κ3) is 5.59. The molecular formula is C24H24FN8O7P.